The Morgan fingerprint density at radius 2 is 1.79 bits per heavy atom. The summed E-state index contributed by atoms with van der Waals surface area (Å²) in [4.78, 5) is 32.9. The van der Waals surface area contributed by atoms with Crippen molar-refractivity contribution < 1.29 is 14.3 Å². The highest BCUT2D eigenvalue weighted by Gasteiger charge is 2.23. The number of carbonyl (C=O) groups excluding carboxylic acids is 2. The maximum absolute atomic E-state index is 12.9. The molecule has 0 radical (unpaired) electrons. The highest BCUT2D eigenvalue weighted by molar-refractivity contribution is 5.85. The van der Waals surface area contributed by atoms with E-state index in [1.807, 2.05) is 67.5 Å². The molecule has 0 fully saturated rings. The van der Waals surface area contributed by atoms with E-state index in [9.17, 15) is 9.59 Å². The fourth-order valence-electron chi connectivity index (χ4n) is 2.55. The second-order valence-electron chi connectivity index (χ2n) is 6.81. The van der Waals surface area contributed by atoms with E-state index in [2.05, 4.69) is 10.3 Å². The summed E-state index contributed by atoms with van der Waals surface area (Å²) in [5.74, 6) is -0.177. The van der Waals surface area contributed by atoms with Gasteiger partial charge >= 0.3 is 6.09 Å². The SMILES string of the molecule is C[C@H](NC(=O)OCc1ccccc1)C(=O)N(CCN(C)C)Cc1ccccn1. The van der Waals surface area contributed by atoms with Gasteiger partial charge in [0.05, 0.1) is 12.2 Å². The van der Waals surface area contributed by atoms with Crippen molar-refractivity contribution in [2.75, 3.05) is 27.2 Å². The molecule has 0 bridgehead atoms. The number of rotatable bonds is 9. The summed E-state index contributed by atoms with van der Waals surface area (Å²) >= 11 is 0. The molecule has 2 aromatic rings. The van der Waals surface area contributed by atoms with Crippen LogP contribution in [0.3, 0.4) is 0 Å². The maximum atomic E-state index is 12.9. The minimum atomic E-state index is -0.700. The molecule has 1 heterocycles. The standard InChI is InChI=1S/C21H28N4O3/c1-17(23-21(27)28-16-18-9-5-4-6-10-18)20(26)25(14-13-24(2)3)15-19-11-7-8-12-22-19/h4-12,17H,13-16H2,1-3H3,(H,23,27)/t17-/m0/s1. The third kappa shape index (κ3) is 7.36. The molecule has 0 saturated heterocycles. The van der Waals surface area contributed by atoms with Crippen LogP contribution in [0.5, 0.6) is 0 Å². The zero-order valence-corrected chi connectivity index (χ0v) is 16.7. The largest absolute Gasteiger partial charge is 0.445 e. The van der Waals surface area contributed by atoms with Gasteiger partial charge in [-0.15, -0.1) is 0 Å². The van der Waals surface area contributed by atoms with E-state index in [1.54, 1.807) is 18.0 Å². The van der Waals surface area contributed by atoms with Gasteiger partial charge in [0.2, 0.25) is 5.91 Å². The summed E-state index contributed by atoms with van der Waals surface area (Å²) in [7, 11) is 3.90. The Kier molecular flexibility index (Phi) is 8.42. The minimum Gasteiger partial charge on any atom is -0.445 e. The number of alkyl carbamates (subject to hydrolysis) is 1. The van der Waals surface area contributed by atoms with Gasteiger partial charge in [0.1, 0.15) is 12.6 Å². The average molecular weight is 384 g/mol. The predicted octanol–water partition coefficient (Wildman–Crippen LogP) is 2.29. The van der Waals surface area contributed by atoms with Crippen molar-refractivity contribution >= 4 is 12.0 Å². The van der Waals surface area contributed by atoms with Crippen molar-refractivity contribution in [1.29, 1.82) is 0 Å². The van der Waals surface area contributed by atoms with E-state index in [1.165, 1.54) is 0 Å². The zero-order valence-electron chi connectivity index (χ0n) is 16.7. The van der Waals surface area contributed by atoms with Crippen molar-refractivity contribution in [3.8, 4) is 0 Å². The molecule has 2 rings (SSSR count). The highest BCUT2D eigenvalue weighted by atomic mass is 16.5. The van der Waals surface area contributed by atoms with Gasteiger partial charge in [0.25, 0.3) is 0 Å². The van der Waals surface area contributed by atoms with Crippen LogP contribution >= 0.6 is 0 Å². The van der Waals surface area contributed by atoms with Gasteiger partial charge in [-0.25, -0.2) is 4.79 Å². The molecule has 28 heavy (non-hydrogen) atoms. The van der Waals surface area contributed by atoms with Crippen LogP contribution in [0.1, 0.15) is 18.2 Å². The van der Waals surface area contributed by atoms with Gasteiger partial charge in [0, 0.05) is 19.3 Å². The molecule has 1 aromatic heterocycles. The van der Waals surface area contributed by atoms with E-state index in [0.29, 0.717) is 19.6 Å². The lowest BCUT2D eigenvalue weighted by atomic mass is 10.2. The second kappa shape index (κ2) is 11.0. The van der Waals surface area contributed by atoms with Gasteiger partial charge in [-0.1, -0.05) is 36.4 Å². The molecule has 1 atom stereocenters. The van der Waals surface area contributed by atoms with Crippen molar-refractivity contribution in [2.24, 2.45) is 0 Å². The second-order valence-corrected chi connectivity index (χ2v) is 6.81. The Hall–Kier alpha value is -2.93. The van der Waals surface area contributed by atoms with Crippen LogP contribution in [-0.2, 0) is 22.7 Å². The van der Waals surface area contributed by atoms with Gasteiger partial charge in [-0.2, -0.15) is 0 Å². The Labute approximate surface area is 166 Å². The Morgan fingerprint density at radius 3 is 2.43 bits per heavy atom. The molecule has 150 valence electrons. The molecule has 1 N–H and O–H groups in total. The molecular formula is C21H28N4O3. The van der Waals surface area contributed by atoms with Crippen molar-refractivity contribution in [3.05, 3.63) is 66.0 Å². The van der Waals surface area contributed by atoms with Gasteiger partial charge in [-0.05, 0) is 38.7 Å². The maximum Gasteiger partial charge on any atom is 0.408 e. The summed E-state index contributed by atoms with van der Waals surface area (Å²) < 4.78 is 5.20. The van der Waals surface area contributed by atoms with Crippen molar-refractivity contribution in [1.82, 2.24) is 20.1 Å². The fraction of sp³-hybridized carbons (Fsp3) is 0.381. The van der Waals surface area contributed by atoms with E-state index >= 15 is 0 Å². The molecular weight excluding hydrogens is 356 g/mol. The number of pyridine rings is 1. The lowest BCUT2D eigenvalue weighted by Gasteiger charge is -2.27. The third-order valence-corrected chi connectivity index (χ3v) is 4.13. The monoisotopic (exact) mass is 384 g/mol. The number of ether oxygens (including phenoxy) is 1. The van der Waals surface area contributed by atoms with Crippen LogP contribution in [0, 0.1) is 0 Å². The molecule has 0 aliphatic carbocycles. The first kappa shape index (κ1) is 21.4. The quantitative estimate of drug-likeness (QED) is 0.718. The van der Waals surface area contributed by atoms with E-state index in [-0.39, 0.29) is 12.5 Å². The number of nitrogens with one attached hydrogen (secondary N) is 1. The van der Waals surface area contributed by atoms with Crippen molar-refractivity contribution in [3.63, 3.8) is 0 Å². The molecule has 0 spiro atoms. The number of benzene rings is 1. The summed E-state index contributed by atoms with van der Waals surface area (Å²) in [6.45, 7) is 3.45. The zero-order chi connectivity index (χ0) is 20.4. The number of nitrogens with zero attached hydrogens (tertiary/aromatic N) is 3. The van der Waals surface area contributed by atoms with Gasteiger partial charge in [-0.3, -0.25) is 9.78 Å². The molecule has 0 unspecified atom stereocenters. The first-order valence-electron chi connectivity index (χ1n) is 9.26. The molecule has 0 aliphatic rings. The number of aromatic nitrogens is 1. The summed E-state index contributed by atoms with van der Waals surface area (Å²) in [5.41, 5.74) is 1.69. The topological polar surface area (TPSA) is 74.8 Å². The lowest BCUT2D eigenvalue weighted by Crippen LogP contribution is -2.48. The van der Waals surface area contributed by atoms with E-state index in [0.717, 1.165) is 11.3 Å². The average Bonchev–Trinajstić information content (AvgIpc) is 2.70. The Bertz CT molecular complexity index is 738. The van der Waals surface area contributed by atoms with Crippen LogP contribution in [0.25, 0.3) is 0 Å². The summed E-state index contributed by atoms with van der Waals surface area (Å²) in [5, 5.41) is 2.62. The van der Waals surface area contributed by atoms with Crippen LogP contribution < -0.4 is 5.32 Å². The van der Waals surface area contributed by atoms with Gasteiger partial charge in [0.15, 0.2) is 0 Å². The first-order chi connectivity index (χ1) is 13.5. The number of carbonyl (C=O) groups is 2. The van der Waals surface area contributed by atoms with E-state index in [4.69, 9.17) is 4.74 Å². The highest BCUT2D eigenvalue weighted by Crippen LogP contribution is 2.05. The van der Waals surface area contributed by atoms with Crippen LogP contribution in [-0.4, -0.2) is 60.0 Å². The van der Waals surface area contributed by atoms with Crippen LogP contribution in [0.4, 0.5) is 4.79 Å². The van der Waals surface area contributed by atoms with Gasteiger partial charge < -0.3 is 19.9 Å². The smallest absolute Gasteiger partial charge is 0.408 e. The summed E-state index contributed by atoms with van der Waals surface area (Å²) in [6, 6.07) is 14.3. The number of likely N-dealkylation sites (N-methyl/N-ethyl adjacent to an activating group) is 1. The van der Waals surface area contributed by atoms with Crippen LogP contribution in [0.2, 0.25) is 0 Å². The molecule has 0 aliphatic heterocycles. The summed E-state index contributed by atoms with van der Waals surface area (Å²) in [6.07, 6.45) is 1.09. The lowest BCUT2D eigenvalue weighted by molar-refractivity contribution is -0.133. The third-order valence-electron chi connectivity index (χ3n) is 4.13. The fourth-order valence-corrected chi connectivity index (χ4v) is 2.55. The number of hydrogen-bond acceptors (Lipinski definition) is 5. The van der Waals surface area contributed by atoms with Crippen LogP contribution in [0.15, 0.2) is 54.7 Å². The number of hydrogen-bond donors (Lipinski definition) is 1. The molecule has 7 nitrogen and oxygen atoms in total. The Balaban J connectivity index is 1.92. The Morgan fingerprint density at radius 1 is 1.07 bits per heavy atom. The molecule has 7 heteroatoms. The predicted molar refractivity (Wildman–Crippen MR) is 107 cm³/mol. The molecule has 2 amide bonds. The number of amides is 2. The minimum absolute atomic E-state index is 0.159. The van der Waals surface area contributed by atoms with Crippen molar-refractivity contribution in [2.45, 2.75) is 26.1 Å². The molecule has 0 saturated carbocycles. The molecule has 1 aromatic carbocycles. The normalized spacial score (nSPS) is 11.7. The van der Waals surface area contributed by atoms with E-state index < -0.39 is 12.1 Å². The first-order valence-corrected chi connectivity index (χ1v) is 9.26.